The van der Waals surface area contributed by atoms with Crippen LogP contribution in [0, 0.1) is 6.92 Å². The summed E-state index contributed by atoms with van der Waals surface area (Å²) < 4.78 is 11.0. The molecule has 0 unspecified atom stereocenters. The van der Waals surface area contributed by atoms with Gasteiger partial charge in [-0.25, -0.2) is 4.99 Å². The molecule has 6 heteroatoms. The van der Waals surface area contributed by atoms with E-state index in [1.165, 1.54) is 11.1 Å². The maximum atomic E-state index is 5.64. The molecule has 2 aromatic carbocycles. The van der Waals surface area contributed by atoms with Crippen LogP contribution in [0.3, 0.4) is 0 Å². The number of guanidine groups is 1. The number of benzene rings is 2. The summed E-state index contributed by atoms with van der Waals surface area (Å²) in [6, 6.07) is 14.4. The molecule has 0 saturated heterocycles. The van der Waals surface area contributed by atoms with Gasteiger partial charge in [-0.2, -0.15) is 0 Å². The second-order valence-electron chi connectivity index (χ2n) is 5.96. The first kappa shape index (κ1) is 23.1. The monoisotopic (exact) mass is 483 g/mol. The number of methoxy groups -OCH3 is 1. The van der Waals surface area contributed by atoms with Crippen molar-refractivity contribution in [1.82, 2.24) is 10.6 Å². The molecule has 2 rings (SSSR count). The smallest absolute Gasteiger partial charge is 0.191 e. The van der Waals surface area contributed by atoms with Crippen molar-refractivity contribution in [2.75, 3.05) is 20.3 Å². The summed E-state index contributed by atoms with van der Waals surface area (Å²) in [5.41, 5.74) is 3.55. The molecule has 0 aliphatic heterocycles. The van der Waals surface area contributed by atoms with Crippen molar-refractivity contribution in [1.29, 1.82) is 0 Å². The third-order valence-corrected chi connectivity index (χ3v) is 3.83. The van der Waals surface area contributed by atoms with Crippen molar-refractivity contribution >= 4 is 29.9 Å². The summed E-state index contributed by atoms with van der Waals surface area (Å²) in [5, 5.41) is 6.65. The van der Waals surface area contributed by atoms with Gasteiger partial charge in [-0.15, -0.1) is 24.0 Å². The lowest BCUT2D eigenvalue weighted by Crippen LogP contribution is -2.36. The molecule has 5 nitrogen and oxygen atoms in total. The molecule has 27 heavy (non-hydrogen) atoms. The zero-order chi connectivity index (χ0) is 18.8. The fraction of sp³-hybridized carbons (Fsp3) is 0.381. The van der Waals surface area contributed by atoms with Crippen LogP contribution in [0.15, 0.2) is 47.5 Å². The molecular weight excluding hydrogens is 453 g/mol. The topological polar surface area (TPSA) is 54.9 Å². The van der Waals surface area contributed by atoms with Crippen LogP contribution in [0.1, 0.15) is 30.5 Å². The van der Waals surface area contributed by atoms with E-state index in [2.05, 4.69) is 53.7 Å². The molecular formula is C21H30IN3O2. The molecule has 148 valence electrons. The Morgan fingerprint density at radius 3 is 2.48 bits per heavy atom. The van der Waals surface area contributed by atoms with Crippen LogP contribution in [0.4, 0.5) is 0 Å². The van der Waals surface area contributed by atoms with E-state index in [4.69, 9.17) is 9.47 Å². The number of rotatable bonds is 8. The molecule has 0 bridgehead atoms. The van der Waals surface area contributed by atoms with Crippen LogP contribution >= 0.6 is 24.0 Å². The second-order valence-corrected chi connectivity index (χ2v) is 5.96. The van der Waals surface area contributed by atoms with Crippen molar-refractivity contribution in [2.45, 2.75) is 33.9 Å². The summed E-state index contributed by atoms with van der Waals surface area (Å²) >= 11 is 0. The molecule has 0 heterocycles. The Labute approximate surface area is 179 Å². The van der Waals surface area contributed by atoms with E-state index in [1.54, 1.807) is 7.11 Å². The van der Waals surface area contributed by atoms with Crippen molar-refractivity contribution in [2.24, 2.45) is 4.99 Å². The van der Waals surface area contributed by atoms with Crippen LogP contribution in [0.25, 0.3) is 0 Å². The largest absolute Gasteiger partial charge is 0.493 e. The lowest BCUT2D eigenvalue weighted by atomic mass is 10.1. The number of aryl methyl sites for hydroxylation is 1. The van der Waals surface area contributed by atoms with Crippen molar-refractivity contribution in [3.63, 3.8) is 0 Å². The van der Waals surface area contributed by atoms with Gasteiger partial charge < -0.3 is 20.1 Å². The van der Waals surface area contributed by atoms with E-state index in [-0.39, 0.29) is 24.0 Å². The minimum atomic E-state index is 0. The summed E-state index contributed by atoms with van der Waals surface area (Å²) in [5.74, 6) is 2.30. The standard InChI is InChI=1S/C21H29N3O2.HI/c1-5-22-21(23-14-17-9-7-8-16(3)12-17)24-15-18-10-11-19(25-4)20(13-18)26-6-2;/h7-13H,5-6,14-15H2,1-4H3,(H2,22,23,24);1H. The van der Waals surface area contributed by atoms with Gasteiger partial charge >= 0.3 is 0 Å². The Hall–Kier alpha value is -1.96. The highest BCUT2D eigenvalue weighted by molar-refractivity contribution is 14.0. The summed E-state index contributed by atoms with van der Waals surface area (Å²) in [7, 11) is 1.65. The predicted molar refractivity (Wildman–Crippen MR) is 122 cm³/mol. The third-order valence-electron chi connectivity index (χ3n) is 3.83. The van der Waals surface area contributed by atoms with Crippen LogP contribution in [0.5, 0.6) is 11.5 Å². The maximum Gasteiger partial charge on any atom is 0.191 e. The molecule has 0 fully saturated rings. The number of halogens is 1. The second kappa shape index (κ2) is 12.4. The van der Waals surface area contributed by atoms with Crippen molar-refractivity contribution < 1.29 is 9.47 Å². The average Bonchev–Trinajstić information content (AvgIpc) is 2.64. The highest BCUT2D eigenvalue weighted by Crippen LogP contribution is 2.27. The van der Waals surface area contributed by atoms with Crippen LogP contribution in [-0.4, -0.2) is 26.2 Å². The van der Waals surface area contributed by atoms with Gasteiger partial charge in [0.2, 0.25) is 0 Å². The minimum Gasteiger partial charge on any atom is -0.493 e. The number of hydrogen-bond donors (Lipinski definition) is 2. The van der Waals surface area contributed by atoms with E-state index in [1.807, 2.05) is 25.1 Å². The first-order valence-corrected chi connectivity index (χ1v) is 9.03. The molecule has 0 radical (unpaired) electrons. The molecule has 0 aliphatic rings. The Kier molecular flexibility index (Phi) is 10.6. The lowest BCUT2D eigenvalue weighted by Gasteiger charge is -2.14. The Balaban J connectivity index is 0.00000364. The Morgan fingerprint density at radius 1 is 1.00 bits per heavy atom. The van der Waals surface area contributed by atoms with Crippen LogP contribution in [-0.2, 0) is 13.1 Å². The highest BCUT2D eigenvalue weighted by atomic mass is 127. The first-order chi connectivity index (χ1) is 12.7. The lowest BCUT2D eigenvalue weighted by molar-refractivity contribution is 0.310. The average molecular weight is 483 g/mol. The number of ether oxygens (including phenoxy) is 2. The van der Waals surface area contributed by atoms with Crippen molar-refractivity contribution in [3.05, 3.63) is 59.2 Å². The number of nitrogens with one attached hydrogen (secondary N) is 2. The number of nitrogens with zero attached hydrogens (tertiary/aromatic N) is 1. The maximum absolute atomic E-state index is 5.64. The quantitative estimate of drug-likeness (QED) is 0.335. The van der Waals surface area contributed by atoms with E-state index in [9.17, 15) is 0 Å². The van der Waals surface area contributed by atoms with Gasteiger partial charge in [0, 0.05) is 13.1 Å². The van der Waals surface area contributed by atoms with E-state index >= 15 is 0 Å². The molecule has 0 atom stereocenters. The zero-order valence-electron chi connectivity index (χ0n) is 16.5. The minimum absolute atomic E-state index is 0. The highest BCUT2D eigenvalue weighted by Gasteiger charge is 2.06. The Morgan fingerprint density at radius 2 is 1.81 bits per heavy atom. The predicted octanol–water partition coefficient (Wildman–Crippen LogP) is 4.28. The third kappa shape index (κ3) is 7.66. The van der Waals surface area contributed by atoms with Crippen LogP contribution in [0.2, 0.25) is 0 Å². The molecule has 0 aliphatic carbocycles. The van der Waals surface area contributed by atoms with Gasteiger partial charge in [-0.1, -0.05) is 35.9 Å². The zero-order valence-corrected chi connectivity index (χ0v) is 18.9. The van der Waals surface area contributed by atoms with Gasteiger partial charge in [0.1, 0.15) is 0 Å². The Bertz CT molecular complexity index is 735. The van der Waals surface area contributed by atoms with Crippen LogP contribution < -0.4 is 20.1 Å². The molecule has 2 N–H and O–H groups in total. The first-order valence-electron chi connectivity index (χ1n) is 9.03. The van der Waals surface area contributed by atoms with Gasteiger partial charge in [0.15, 0.2) is 17.5 Å². The molecule has 2 aromatic rings. The molecule has 0 aromatic heterocycles. The molecule has 0 saturated carbocycles. The molecule has 0 spiro atoms. The normalized spacial score (nSPS) is 10.7. The fourth-order valence-corrected chi connectivity index (χ4v) is 2.61. The SMILES string of the molecule is CCNC(=NCc1cccc(C)c1)NCc1ccc(OC)c(OCC)c1.I. The summed E-state index contributed by atoms with van der Waals surface area (Å²) in [6.07, 6.45) is 0. The van der Waals surface area contributed by atoms with Gasteiger partial charge in [-0.05, 0) is 44.0 Å². The van der Waals surface area contributed by atoms with E-state index in [0.29, 0.717) is 19.7 Å². The number of aliphatic imine (C=N–C) groups is 1. The van der Waals surface area contributed by atoms with E-state index in [0.717, 1.165) is 29.6 Å². The summed E-state index contributed by atoms with van der Waals surface area (Å²) in [4.78, 5) is 4.67. The van der Waals surface area contributed by atoms with Gasteiger partial charge in [0.05, 0.1) is 20.3 Å². The van der Waals surface area contributed by atoms with Gasteiger partial charge in [0.25, 0.3) is 0 Å². The molecule has 0 amide bonds. The van der Waals surface area contributed by atoms with E-state index < -0.39 is 0 Å². The summed E-state index contributed by atoms with van der Waals surface area (Å²) in [6.45, 7) is 8.83. The number of hydrogen-bond acceptors (Lipinski definition) is 3. The van der Waals surface area contributed by atoms with Gasteiger partial charge in [-0.3, -0.25) is 0 Å². The van der Waals surface area contributed by atoms with Crippen molar-refractivity contribution in [3.8, 4) is 11.5 Å². The fourth-order valence-electron chi connectivity index (χ4n) is 2.61.